The van der Waals surface area contributed by atoms with E-state index >= 15 is 0 Å². The lowest BCUT2D eigenvalue weighted by molar-refractivity contribution is -0.128. The smallest absolute Gasteiger partial charge is 0.223 e. The highest BCUT2D eigenvalue weighted by atomic mass is 19.1. The van der Waals surface area contributed by atoms with Crippen molar-refractivity contribution in [3.05, 3.63) is 35.6 Å². The molecule has 1 aromatic carbocycles. The summed E-state index contributed by atoms with van der Waals surface area (Å²) in [5.41, 5.74) is 6.47. The van der Waals surface area contributed by atoms with Crippen molar-refractivity contribution >= 4 is 5.91 Å². The summed E-state index contributed by atoms with van der Waals surface area (Å²) in [5, 5.41) is 12.9. The van der Waals surface area contributed by atoms with Crippen molar-refractivity contribution in [1.82, 2.24) is 5.32 Å². The maximum atomic E-state index is 13.6. The average Bonchev–Trinajstić information content (AvgIpc) is 2.52. The molecule has 4 N–H and O–H groups in total. The van der Waals surface area contributed by atoms with Crippen LogP contribution in [0.2, 0.25) is 0 Å². The molecule has 3 atom stereocenters. The van der Waals surface area contributed by atoms with Gasteiger partial charge in [-0.3, -0.25) is 4.79 Å². The fourth-order valence-electron chi connectivity index (χ4n) is 4.20. The van der Waals surface area contributed by atoms with E-state index in [1.165, 1.54) is 18.6 Å². The van der Waals surface area contributed by atoms with Crippen molar-refractivity contribution in [2.75, 3.05) is 6.54 Å². The van der Waals surface area contributed by atoms with Gasteiger partial charge in [0.05, 0.1) is 6.10 Å². The van der Waals surface area contributed by atoms with E-state index in [-0.39, 0.29) is 30.0 Å². The largest absolute Gasteiger partial charge is 0.386 e. The maximum absolute atomic E-state index is 13.6. The molecule has 1 amide bonds. The first-order valence-corrected chi connectivity index (χ1v) is 8.52. The molecule has 2 saturated carbocycles. The van der Waals surface area contributed by atoms with E-state index in [1.807, 2.05) is 0 Å². The third-order valence-electron chi connectivity index (χ3n) is 5.52. The third kappa shape index (κ3) is 3.56. The standard InChI is InChI=1S/C18H25FN2O2/c19-15-7-2-1-6-14(15)16(22)10-21-18(23)13-8-11-4-3-5-12(9-13)17(11)20/h1-2,6-7,11-13,16-17,22H,3-5,8-10,20H2,(H,21,23). The van der Waals surface area contributed by atoms with Crippen LogP contribution in [-0.4, -0.2) is 23.6 Å². The predicted octanol–water partition coefficient (Wildman–Crippen LogP) is 2.13. The van der Waals surface area contributed by atoms with Gasteiger partial charge in [0, 0.05) is 24.1 Å². The van der Waals surface area contributed by atoms with Crippen molar-refractivity contribution in [2.24, 2.45) is 23.5 Å². The molecule has 2 aliphatic carbocycles. The molecule has 23 heavy (non-hydrogen) atoms. The number of benzene rings is 1. The van der Waals surface area contributed by atoms with Crippen molar-refractivity contribution in [2.45, 2.75) is 44.2 Å². The topological polar surface area (TPSA) is 75.4 Å². The molecule has 3 rings (SSSR count). The second-order valence-corrected chi connectivity index (χ2v) is 6.98. The highest BCUT2D eigenvalue weighted by Gasteiger charge is 2.40. The summed E-state index contributed by atoms with van der Waals surface area (Å²) in [7, 11) is 0. The lowest BCUT2D eigenvalue weighted by Crippen LogP contribution is -2.49. The van der Waals surface area contributed by atoms with Crippen LogP contribution in [0.15, 0.2) is 24.3 Å². The van der Waals surface area contributed by atoms with Gasteiger partial charge >= 0.3 is 0 Å². The van der Waals surface area contributed by atoms with Crippen LogP contribution in [0.5, 0.6) is 0 Å². The summed E-state index contributed by atoms with van der Waals surface area (Å²) >= 11 is 0. The molecule has 2 fully saturated rings. The van der Waals surface area contributed by atoms with Gasteiger partial charge in [0.15, 0.2) is 0 Å². The average molecular weight is 320 g/mol. The minimum Gasteiger partial charge on any atom is -0.386 e. The molecular weight excluding hydrogens is 295 g/mol. The van der Waals surface area contributed by atoms with Gasteiger partial charge in [-0.15, -0.1) is 0 Å². The van der Waals surface area contributed by atoms with Crippen molar-refractivity contribution in [3.8, 4) is 0 Å². The van der Waals surface area contributed by atoms with Crippen LogP contribution >= 0.6 is 0 Å². The van der Waals surface area contributed by atoms with Crippen LogP contribution in [0.3, 0.4) is 0 Å². The van der Waals surface area contributed by atoms with Crippen molar-refractivity contribution in [1.29, 1.82) is 0 Å². The van der Waals surface area contributed by atoms with Gasteiger partial charge in [0.2, 0.25) is 5.91 Å². The van der Waals surface area contributed by atoms with E-state index in [2.05, 4.69) is 5.32 Å². The molecule has 3 unspecified atom stereocenters. The van der Waals surface area contributed by atoms with Gasteiger partial charge in [0.1, 0.15) is 5.82 Å². The first kappa shape index (κ1) is 16.4. The quantitative estimate of drug-likeness (QED) is 0.795. The van der Waals surface area contributed by atoms with Gasteiger partial charge in [-0.05, 0) is 43.6 Å². The van der Waals surface area contributed by atoms with Gasteiger partial charge in [-0.25, -0.2) is 4.39 Å². The zero-order valence-corrected chi connectivity index (χ0v) is 13.2. The molecule has 0 spiro atoms. The van der Waals surface area contributed by atoms with Crippen molar-refractivity contribution < 1.29 is 14.3 Å². The Hall–Kier alpha value is -1.46. The molecule has 5 heteroatoms. The Labute approximate surface area is 136 Å². The van der Waals surface area contributed by atoms with Crippen LogP contribution < -0.4 is 11.1 Å². The fourth-order valence-corrected chi connectivity index (χ4v) is 4.20. The number of nitrogens with two attached hydrogens (primary N) is 1. The Kier molecular flexibility index (Phi) is 4.97. The number of amides is 1. The molecule has 2 bridgehead atoms. The minimum absolute atomic E-state index is 0.0297. The third-order valence-corrected chi connectivity index (χ3v) is 5.52. The Morgan fingerprint density at radius 1 is 1.30 bits per heavy atom. The number of halogens is 1. The predicted molar refractivity (Wildman–Crippen MR) is 85.9 cm³/mol. The molecule has 0 aromatic heterocycles. The first-order chi connectivity index (χ1) is 11.1. The molecule has 0 radical (unpaired) electrons. The van der Waals surface area contributed by atoms with E-state index in [1.54, 1.807) is 12.1 Å². The summed E-state index contributed by atoms with van der Waals surface area (Å²) in [4.78, 5) is 12.4. The number of hydrogen-bond acceptors (Lipinski definition) is 3. The molecular formula is C18H25FN2O2. The number of carbonyl (C=O) groups is 1. The van der Waals surface area contributed by atoms with Crippen LogP contribution in [0, 0.1) is 23.6 Å². The highest BCUT2D eigenvalue weighted by Crippen LogP contribution is 2.41. The Morgan fingerprint density at radius 2 is 1.96 bits per heavy atom. The summed E-state index contributed by atoms with van der Waals surface area (Å²) in [6, 6.07) is 6.33. The molecule has 0 aliphatic heterocycles. The number of hydrogen-bond donors (Lipinski definition) is 3. The van der Waals surface area contributed by atoms with E-state index in [9.17, 15) is 14.3 Å². The zero-order chi connectivity index (χ0) is 16.4. The van der Waals surface area contributed by atoms with E-state index in [0.717, 1.165) is 25.7 Å². The fraction of sp³-hybridized carbons (Fsp3) is 0.611. The number of aliphatic hydroxyl groups is 1. The molecule has 126 valence electrons. The number of fused-ring (bicyclic) bond motifs is 2. The molecule has 0 heterocycles. The normalized spacial score (nSPS) is 31.4. The monoisotopic (exact) mass is 320 g/mol. The lowest BCUT2D eigenvalue weighted by atomic mass is 9.65. The Morgan fingerprint density at radius 3 is 2.61 bits per heavy atom. The highest BCUT2D eigenvalue weighted by molar-refractivity contribution is 5.78. The molecule has 0 saturated heterocycles. The SMILES string of the molecule is NC1C2CCCC1CC(C(=O)NCC(O)c1ccccc1F)C2. The van der Waals surface area contributed by atoms with Gasteiger partial charge in [0.25, 0.3) is 0 Å². The molecule has 2 aliphatic rings. The second kappa shape index (κ2) is 6.97. The van der Waals surface area contributed by atoms with Gasteiger partial charge < -0.3 is 16.2 Å². The Balaban J connectivity index is 1.55. The molecule has 1 aromatic rings. The summed E-state index contributed by atoms with van der Waals surface area (Å²) in [6.07, 6.45) is 4.08. The minimum atomic E-state index is -1.02. The van der Waals surface area contributed by atoms with Gasteiger partial charge in [-0.2, -0.15) is 0 Å². The van der Waals surface area contributed by atoms with E-state index in [4.69, 9.17) is 5.73 Å². The van der Waals surface area contributed by atoms with Crippen LogP contribution in [0.1, 0.15) is 43.8 Å². The number of aliphatic hydroxyl groups excluding tert-OH is 1. The van der Waals surface area contributed by atoms with E-state index in [0.29, 0.717) is 11.8 Å². The lowest BCUT2D eigenvalue weighted by Gasteiger charge is -2.43. The summed E-state index contributed by atoms with van der Waals surface area (Å²) < 4.78 is 13.6. The first-order valence-electron chi connectivity index (χ1n) is 8.52. The summed E-state index contributed by atoms with van der Waals surface area (Å²) in [5.74, 6) is 0.360. The van der Waals surface area contributed by atoms with Crippen LogP contribution in [0.4, 0.5) is 4.39 Å². The zero-order valence-electron chi connectivity index (χ0n) is 13.2. The van der Waals surface area contributed by atoms with E-state index < -0.39 is 11.9 Å². The van der Waals surface area contributed by atoms with Crippen LogP contribution in [0.25, 0.3) is 0 Å². The number of nitrogens with one attached hydrogen (secondary N) is 1. The second-order valence-electron chi connectivity index (χ2n) is 6.98. The number of rotatable bonds is 4. The Bertz CT molecular complexity index is 552. The summed E-state index contributed by atoms with van der Waals surface area (Å²) in [6.45, 7) is 0.0393. The molecule has 4 nitrogen and oxygen atoms in total. The maximum Gasteiger partial charge on any atom is 0.223 e. The van der Waals surface area contributed by atoms with Crippen molar-refractivity contribution in [3.63, 3.8) is 0 Å². The van der Waals surface area contributed by atoms with Crippen LogP contribution in [-0.2, 0) is 4.79 Å². The van der Waals surface area contributed by atoms with Gasteiger partial charge in [-0.1, -0.05) is 24.6 Å². The number of carbonyl (C=O) groups excluding carboxylic acids is 1.